The van der Waals surface area contributed by atoms with Crippen LogP contribution in [-0.2, 0) is 4.79 Å². The summed E-state index contributed by atoms with van der Waals surface area (Å²) in [4.78, 5) is 15.8. The van der Waals surface area contributed by atoms with E-state index in [1.165, 1.54) is 0 Å². The molecule has 2 aromatic rings. The van der Waals surface area contributed by atoms with Crippen molar-refractivity contribution in [2.75, 3.05) is 18.4 Å². The summed E-state index contributed by atoms with van der Waals surface area (Å²) >= 11 is 0. The molecule has 0 aromatic carbocycles. The van der Waals surface area contributed by atoms with Gasteiger partial charge in [-0.15, -0.1) is 0 Å². The highest BCUT2D eigenvalue weighted by Gasteiger charge is 2.28. The molecule has 6 nitrogen and oxygen atoms in total. The van der Waals surface area contributed by atoms with Gasteiger partial charge in [0.2, 0.25) is 5.91 Å². The number of aromatic nitrogens is 3. The van der Waals surface area contributed by atoms with Gasteiger partial charge in [0.1, 0.15) is 5.52 Å². The molecule has 1 saturated carbocycles. The molecule has 1 amide bonds. The normalized spacial score (nSPS) is 14.6. The molecule has 3 rings (SSSR count). The number of amides is 1. The first kappa shape index (κ1) is 12.0. The Bertz CT molecular complexity index is 602. The standard InChI is InChI=1S/C13H17N5O/c1-9-8-11-12(15-6-7-18(11)17-9)14-4-5-16-13(19)10-2-3-10/h6-8,10H,2-5H2,1H3,(H,14,15)(H,16,19). The second-order valence-electron chi connectivity index (χ2n) is 4.88. The second-order valence-corrected chi connectivity index (χ2v) is 4.88. The molecule has 2 aromatic heterocycles. The molecule has 1 aliphatic carbocycles. The predicted molar refractivity (Wildman–Crippen MR) is 71.9 cm³/mol. The molecule has 0 saturated heterocycles. The van der Waals surface area contributed by atoms with Crippen LogP contribution in [0, 0.1) is 12.8 Å². The van der Waals surface area contributed by atoms with Crippen LogP contribution in [0.15, 0.2) is 18.5 Å². The number of rotatable bonds is 5. The highest BCUT2D eigenvalue weighted by atomic mass is 16.2. The van der Waals surface area contributed by atoms with Crippen molar-refractivity contribution in [2.45, 2.75) is 19.8 Å². The fourth-order valence-electron chi connectivity index (χ4n) is 2.04. The molecule has 100 valence electrons. The highest BCUT2D eigenvalue weighted by molar-refractivity contribution is 5.80. The summed E-state index contributed by atoms with van der Waals surface area (Å²) in [6.07, 6.45) is 5.61. The third-order valence-electron chi connectivity index (χ3n) is 3.18. The van der Waals surface area contributed by atoms with Gasteiger partial charge in [-0.25, -0.2) is 9.50 Å². The van der Waals surface area contributed by atoms with Crippen LogP contribution in [-0.4, -0.2) is 33.6 Å². The van der Waals surface area contributed by atoms with E-state index in [1.807, 2.05) is 19.2 Å². The van der Waals surface area contributed by atoms with Gasteiger partial charge in [0, 0.05) is 31.4 Å². The zero-order valence-electron chi connectivity index (χ0n) is 10.9. The average Bonchev–Trinajstić information content (AvgIpc) is 3.16. The number of nitrogens with zero attached hydrogens (tertiary/aromatic N) is 3. The van der Waals surface area contributed by atoms with Crippen molar-refractivity contribution in [2.24, 2.45) is 5.92 Å². The topological polar surface area (TPSA) is 71.3 Å². The van der Waals surface area contributed by atoms with E-state index in [0.717, 1.165) is 29.9 Å². The Morgan fingerprint density at radius 2 is 2.32 bits per heavy atom. The van der Waals surface area contributed by atoms with Crippen molar-refractivity contribution in [3.63, 3.8) is 0 Å². The molecule has 1 fully saturated rings. The summed E-state index contributed by atoms with van der Waals surface area (Å²) < 4.78 is 1.80. The quantitative estimate of drug-likeness (QED) is 0.785. The molecule has 0 atom stereocenters. The fraction of sp³-hybridized carbons (Fsp3) is 0.462. The van der Waals surface area contributed by atoms with Crippen molar-refractivity contribution in [3.05, 3.63) is 24.2 Å². The minimum atomic E-state index is 0.174. The van der Waals surface area contributed by atoms with Crippen LogP contribution >= 0.6 is 0 Å². The van der Waals surface area contributed by atoms with E-state index in [0.29, 0.717) is 13.1 Å². The SMILES string of the molecule is Cc1cc2c(NCCNC(=O)C3CC3)nccn2n1. The zero-order chi connectivity index (χ0) is 13.2. The molecule has 2 N–H and O–H groups in total. The molecule has 0 unspecified atom stereocenters. The van der Waals surface area contributed by atoms with Crippen LogP contribution in [0.2, 0.25) is 0 Å². The number of hydrogen-bond donors (Lipinski definition) is 2. The van der Waals surface area contributed by atoms with Crippen LogP contribution in [0.5, 0.6) is 0 Å². The van der Waals surface area contributed by atoms with Gasteiger partial charge in [0.25, 0.3) is 0 Å². The van der Waals surface area contributed by atoms with Crippen LogP contribution in [0.4, 0.5) is 5.82 Å². The molecule has 0 radical (unpaired) electrons. The van der Waals surface area contributed by atoms with Gasteiger partial charge < -0.3 is 10.6 Å². The van der Waals surface area contributed by atoms with Crippen molar-refractivity contribution in [1.82, 2.24) is 19.9 Å². The maximum atomic E-state index is 11.5. The molecule has 19 heavy (non-hydrogen) atoms. The third kappa shape index (κ3) is 2.67. The first-order valence-electron chi connectivity index (χ1n) is 6.56. The van der Waals surface area contributed by atoms with Gasteiger partial charge in [-0.2, -0.15) is 5.10 Å². The molecule has 1 aliphatic rings. The molecular formula is C13H17N5O. The number of aryl methyl sites for hydroxylation is 1. The predicted octanol–water partition coefficient (Wildman–Crippen LogP) is 0.976. The van der Waals surface area contributed by atoms with Gasteiger partial charge in [-0.1, -0.05) is 0 Å². The average molecular weight is 259 g/mol. The van der Waals surface area contributed by atoms with E-state index in [1.54, 1.807) is 10.7 Å². The van der Waals surface area contributed by atoms with Crippen LogP contribution in [0.25, 0.3) is 5.52 Å². The Hall–Kier alpha value is -2.11. The fourth-order valence-corrected chi connectivity index (χ4v) is 2.04. The number of nitrogens with one attached hydrogen (secondary N) is 2. The second kappa shape index (κ2) is 4.87. The van der Waals surface area contributed by atoms with Gasteiger partial charge >= 0.3 is 0 Å². The monoisotopic (exact) mass is 259 g/mol. The van der Waals surface area contributed by atoms with Crippen molar-refractivity contribution < 1.29 is 4.79 Å². The highest BCUT2D eigenvalue weighted by Crippen LogP contribution is 2.28. The van der Waals surface area contributed by atoms with Crippen LogP contribution < -0.4 is 10.6 Å². The van der Waals surface area contributed by atoms with E-state index in [-0.39, 0.29) is 11.8 Å². The van der Waals surface area contributed by atoms with E-state index in [4.69, 9.17) is 0 Å². The van der Waals surface area contributed by atoms with E-state index < -0.39 is 0 Å². The Morgan fingerprint density at radius 1 is 1.47 bits per heavy atom. The number of anilines is 1. The van der Waals surface area contributed by atoms with Gasteiger partial charge in [-0.05, 0) is 25.8 Å². The summed E-state index contributed by atoms with van der Waals surface area (Å²) in [6.45, 7) is 3.23. The van der Waals surface area contributed by atoms with Crippen LogP contribution in [0.1, 0.15) is 18.5 Å². The van der Waals surface area contributed by atoms with Gasteiger partial charge in [0.15, 0.2) is 5.82 Å². The summed E-state index contributed by atoms with van der Waals surface area (Å²) in [5.74, 6) is 1.23. The number of carbonyl (C=O) groups is 1. The minimum absolute atomic E-state index is 0.174. The molecule has 0 bridgehead atoms. The first-order chi connectivity index (χ1) is 9.24. The van der Waals surface area contributed by atoms with Crippen molar-refractivity contribution in [1.29, 1.82) is 0 Å². The van der Waals surface area contributed by atoms with E-state index in [9.17, 15) is 4.79 Å². The lowest BCUT2D eigenvalue weighted by atomic mass is 10.4. The lowest BCUT2D eigenvalue weighted by molar-refractivity contribution is -0.122. The smallest absolute Gasteiger partial charge is 0.223 e. The van der Waals surface area contributed by atoms with Crippen molar-refractivity contribution in [3.8, 4) is 0 Å². The minimum Gasteiger partial charge on any atom is -0.367 e. The van der Waals surface area contributed by atoms with Gasteiger partial charge in [-0.3, -0.25) is 4.79 Å². The molecule has 6 heteroatoms. The first-order valence-corrected chi connectivity index (χ1v) is 6.56. The maximum absolute atomic E-state index is 11.5. The van der Waals surface area contributed by atoms with Crippen LogP contribution in [0.3, 0.4) is 0 Å². The van der Waals surface area contributed by atoms with Gasteiger partial charge in [0.05, 0.1) is 5.69 Å². The Labute approximate surface area is 111 Å². The molecule has 2 heterocycles. The lowest BCUT2D eigenvalue weighted by Crippen LogP contribution is -2.30. The zero-order valence-corrected chi connectivity index (χ0v) is 10.9. The summed E-state index contributed by atoms with van der Waals surface area (Å²) in [6, 6.07) is 1.98. The summed E-state index contributed by atoms with van der Waals surface area (Å²) in [7, 11) is 0. The Balaban J connectivity index is 1.57. The largest absolute Gasteiger partial charge is 0.367 e. The number of carbonyl (C=O) groups excluding carboxylic acids is 1. The maximum Gasteiger partial charge on any atom is 0.223 e. The number of fused-ring (bicyclic) bond motifs is 1. The molecule has 0 aliphatic heterocycles. The Morgan fingerprint density at radius 3 is 3.11 bits per heavy atom. The van der Waals surface area contributed by atoms with E-state index in [2.05, 4.69) is 20.7 Å². The third-order valence-corrected chi connectivity index (χ3v) is 3.18. The van der Waals surface area contributed by atoms with E-state index >= 15 is 0 Å². The van der Waals surface area contributed by atoms with Crippen molar-refractivity contribution >= 4 is 17.2 Å². The molecular weight excluding hydrogens is 242 g/mol. The number of hydrogen-bond acceptors (Lipinski definition) is 4. The lowest BCUT2D eigenvalue weighted by Gasteiger charge is -2.07. The summed E-state index contributed by atoms with van der Waals surface area (Å²) in [5.41, 5.74) is 1.91. The molecule has 0 spiro atoms. The Kier molecular flexibility index (Phi) is 3.06. The summed E-state index contributed by atoms with van der Waals surface area (Å²) in [5, 5.41) is 10.5.